The molecule has 2 aliphatic heterocycles. The number of alkyl halides is 2. The molecule has 6 unspecified atom stereocenters. The first-order valence-corrected chi connectivity index (χ1v) is 13.9. The van der Waals surface area contributed by atoms with Crippen molar-refractivity contribution < 1.29 is 33.8 Å². The maximum atomic E-state index is 14.0. The zero-order chi connectivity index (χ0) is 29.6. The lowest BCUT2D eigenvalue weighted by molar-refractivity contribution is -0.138. The van der Waals surface area contributed by atoms with E-state index in [2.05, 4.69) is 0 Å². The van der Waals surface area contributed by atoms with E-state index >= 15 is 0 Å². The number of nitrogens with zero attached hydrogens (tertiary/aromatic N) is 2. The van der Waals surface area contributed by atoms with Gasteiger partial charge >= 0.3 is 0 Å². The number of phenolic OH excluding ortho intramolecular Hbond substituents is 1. The predicted octanol–water partition coefficient (Wildman–Crippen LogP) is 3.80. The minimum absolute atomic E-state index is 0.0784. The van der Waals surface area contributed by atoms with Crippen molar-refractivity contribution in [3.8, 4) is 11.5 Å². The Labute approximate surface area is 245 Å². The summed E-state index contributed by atoms with van der Waals surface area (Å²) >= 11 is 14.3. The first kappa shape index (κ1) is 27.5. The molecule has 6 atom stereocenters. The van der Waals surface area contributed by atoms with Crippen LogP contribution in [0, 0.1) is 17.8 Å². The van der Waals surface area contributed by atoms with Gasteiger partial charge in [0.25, 0.3) is 11.8 Å². The van der Waals surface area contributed by atoms with Crippen molar-refractivity contribution in [2.75, 3.05) is 19.1 Å². The maximum absolute atomic E-state index is 14.0. The highest BCUT2D eigenvalue weighted by molar-refractivity contribution is 6.53. The van der Waals surface area contributed by atoms with E-state index in [9.17, 15) is 29.1 Å². The predicted molar refractivity (Wildman–Crippen MR) is 149 cm³/mol. The van der Waals surface area contributed by atoms with Crippen LogP contribution in [0.2, 0.25) is 0 Å². The van der Waals surface area contributed by atoms with Crippen LogP contribution < -0.4 is 9.64 Å². The Balaban J connectivity index is 1.50. The fourth-order valence-corrected chi connectivity index (χ4v) is 8.14. The normalized spacial score (nSPS) is 32.5. The number of fused-ring (bicyclic) bond motifs is 4. The average Bonchev–Trinajstić information content (AvgIpc) is 3.28. The Morgan fingerprint density at radius 3 is 2.32 bits per heavy atom. The lowest BCUT2D eigenvalue weighted by Crippen LogP contribution is -2.60. The summed E-state index contributed by atoms with van der Waals surface area (Å²) in [6, 6.07) is 10.6. The molecule has 0 radical (unpaired) electrons. The molecule has 6 rings (SSSR count). The number of likely N-dealkylation sites (tertiary alicyclic amines) is 1. The van der Waals surface area contributed by atoms with Crippen LogP contribution in [0.25, 0.3) is 0 Å². The van der Waals surface area contributed by atoms with Gasteiger partial charge in [-0.1, -0.05) is 17.7 Å². The number of halogens is 2. The number of ketones is 1. The molecule has 4 amide bonds. The van der Waals surface area contributed by atoms with Crippen molar-refractivity contribution in [2.24, 2.45) is 17.8 Å². The van der Waals surface area contributed by atoms with Gasteiger partial charge in [-0.3, -0.25) is 33.8 Å². The summed E-state index contributed by atoms with van der Waals surface area (Å²) in [5.41, 5.74) is 1.83. The van der Waals surface area contributed by atoms with Crippen LogP contribution >= 0.6 is 23.2 Å². The molecule has 0 spiro atoms. The second kappa shape index (κ2) is 9.16. The molecule has 212 valence electrons. The van der Waals surface area contributed by atoms with Crippen molar-refractivity contribution in [1.29, 1.82) is 0 Å². The summed E-state index contributed by atoms with van der Waals surface area (Å²) in [4.78, 5) is 64.8. The second-order valence-electron chi connectivity index (χ2n) is 11.0. The topological polar surface area (TPSA) is 121 Å². The molecule has 2 aromatic carbocycles. The third-order valence-corrected chi connectivity index (χ3v) is 10.5. The van der Waals surface area contributed by atoms with Crippen molar-refractivity contribution in [3.05, 3.63) is 65.2 Å². The van der Waals surface area contributed by atoms with E-state index in [0.717, 1.165) is 9.80 Å². The van der Waals surface area contributed by atoms with Gasteiger partial charge in [-0.15, -0.1) is 23.2 Å². The fraction of sp³-hybridized carbons (Fsp3) is 0.367. The van der Waals surface area contributed by atoms with E-state index in [-0.39, 0.29) is 36.0 Å². The van der Waals surface area contributed by atoms with Gasteiger partial charge in [-0.2, -0.15) is 0 Å². The molecule has 1 saturated carbocycles. The number of imide groups is 2. The van der Waals surface area contributed by atoms with E-state index < -0.39 is 51.1 Å². The third kappa shape index (κ3) is 3.51. The monoisotopic (exact) mass is 596 g/mol. The Hall–Kier alpha value is -3.69. The highest BCUT2D eigenvalue weighted by Gasteiger charge is 2.76. The number of phenols is 1. The minimum atomic E-state index is -1.95. The Morgan fingerprint density at radius 2 is 1.68 bits per heavy atom. The van der Waals surface area contributed by atoms with Crippen LogP contribution in [-0.2, 0) is 19.2 Å². The summed E-state index contributed by atoms with van der Waals surface area (Å²) < 4.78 is 5.55. The van der Waals surface area contributed by atoms with Crippen LogP contribution in [0.15, 0.2) is 54.1 Å². The van der Waals surface area contributed by atoms with E-state index in [0.29, 0.717) is 22.4 Å². The van der Waals surface area contributed by atoms with Crippen molar-refractivity contribution in [3.63, 3.8) is 0 Å². The number of rotatable bonds is 4. The Morgan fingerprint density at radius 1 is 1.00 bits per heavy atom. The van der Waals surface area contributed by atoms with Gasteiger partial charge in [0.15, 0.2) is 15.5 Å². The van der Waals surface area contributed by atoms with Crippen molar-refractivity contribution >= 4 is 58.3 Å². The molecule has 2 heterocycles. The highest BCUT2D eigenvalue weighted by atomic mass is 35.5. The molecule has 0 aromatic heterocycles. The van der Waals surface area contributed by atoms with Gasteiger partial charge in [-0.05, 0) is 56.0 Å². The molecular formula is C30H26Cl2N2O7. The quantitative estimate of drug-likeness (QED) is 0.246. The first-order valence-electron chi connectivity index (χ1n) is 13.1. The summed E-state index contributed by atoms with van der Waals surface area (Å²) in [5.74, 6) is -5.44. The van der Waals surface area contributed by atoms with Gasteiger partial charge < -0.3 is 9.84 Å². The Kier molecular flexibility index (Phi) is 6.14. The molecule has 11 heteroatoms. The van der Waals surface area contributed by atoms with Gasteiger partial charge in [0, 0.05) is 30.2 Å². The third-order valence-electron chi connectivity index (χ3n) is 9.07. The minimum Gasteiger partial charge on any atom is -0.508 e. The van der Waals surface area contributed by atoms with Gasteiger partial charge in [0.2, 0.25) is 11.8 Å². The van der Waals surface area contributed by atoms with Crippen LogP contribution in [0.1, 0.15) is 41.6 Å². The lowest BCUT2D eigenvalue weighted by atomic mass is 9.56. The average molecular weight is 597 g/mol. The van der Waals surface area contributed by atoms with Gasteiger partial charge in [0.05, 0.1) is 24.6 Å². The summed E-state index contributed by atoms with van der Waals surface area (Å²) in [6.07, 6.45) is 1.90. The molecule has 2 aliphatic carbocycles. The molecule has 4 aliphatic rings. The maximum Gasteiger partial charge on any atom is 0.253 e. The Bertz CT molecular complexity index is 1590. The van der Waals surface area contributed by atoms with Crippen LogP contribution in [-0.4, -0.2) is 63.3 Å². The van der Waals surface area contributed by atoms with Gasteiger partial charge in [0.1, 0.15) is 11.5 Å². The highest BCUT2D eigenvalue weighted by Crippen LogP contribution is 2.66. The number of carbonyl (C=O) groups excluding carboxylic acids is 5. The molecule has 9 nitrogen and oxygen atoms in total. The number of hydrogen-bond donors (Lipinski definition) is 1. The standard InChI is InChI=1S/C30H26Cl2N2O7/c1-14(35)15-4-6-16(7-5-15)34-25(37)20-11-10-18-21(23(20)26(34)38)13-29(31)27(39)33(2)28(40)30(29,32)24(18)19-9-8-17(36)12-22(19)41-3/h4-10,12,20-21,23-24,36H,11,13H2,1-3H3. The number of amides is 4. The molecule has 41 heavy (non-hydrogen) atoms. The fourth-order valence-electron chi connectivity index (χ4n) is 7.13. The second-order valence-corrected chi connectivity index (χ2v) is 12.3. The number of hydrogen-bond acceptors (Lipinski definition) is 7. The molecule has 2 saturated heterocycles. The van der Waals surface area contributed by atoms with Crippen molar-refractivity contribution in [1.82, 2.24) is 4.90 Å². The number of carbonyl (C=O) groups is 5. The summed E-state index contributed by atoms with van der Waals surface area (Å²) in [6.45, 7) is 1.43. The van der Waals surface area contributed by atoms with Crippen LogP contribution in [0.4, 0.5) is 5.69 Å². The van der Waals surface area contributed by atoms with Crippen molar-refractivity contribution in [2.45, 2.75) is 35.4 Å². The summed E-state index contributed by atoms with van der Waals surface area (Å²) in [7, 11) is 2.72. The lowest BCUT2D eigenvalue weighted by Gasteiger charge is -2.51. The van der Waals surface area contributed by atoms with E-state index in [1.54, 1.807) is 30.3 Å². The molecular weight excluding hydrogens is 571 g/mol. The number of methoxy groups -OCH3 is 1. The van der Waals surface area contributed by atoms with E-state index in [1.165, 1.54) is 33.2 Å². The van der Waals surface area contributed by atoms with Crippen LogP contribution in [0.3, 0.4) is 0 Å². The number of allylic oxidation sites excluding steroid dienone is 2. The zero-order valence-corrected chi connectivity index (χ0v) is 23.9. The van der Waals surface area contributed by atoms with E-state index in [4.69, 9.17) is 27.9 Å². The molecule has 0 bridgehead atoms. The zero-order valence-electron chi connectivity index (χ0n) is 22.4. The number of Topliss-reactive ketones (excluding diaryl/α,β-unsaturated/α-hetero) is 1. The molecule has 3 fully saturated rings. The number of benzene rings is 2. The first-order chi connectivity index (χ1) is 19.4. The SMILES string of the molecule is COc1cc(O)ccc1C1C2=CCC3C(=O)N(c4ccc(C(C)=O)cc4)C(=O)C3C2CC2(Cl)C(=O)N(C)C(=O)C12Cl. The summed E-state index contributed by atoms with van der Waals surface area (Å²) in [5, 5.41) is 10.1. The van der Waals surface area contributed by atoms with E-state index in [1.807, 2.05) is 6.08 Å². The number of aromatic hydroxyl groups is 1. The van der Waals surface area contributed by atoms with Crippen LogP contribution in [0.5, 0.6) is 11.5 Å². The van der Waals surface area contributed by atoms with Gasteiger partial charge in [-0.25, -0.2) is 0 Å². The number of anilines is 1. The number of ether oxygens (including phenoxy) is 1. The molecule has 1 N–H and O–H groups in total. The largest absolute Gasteiger partial charge is 0.508 e. The smallest absolute Gasteiger partial charge is 0.253 e. The molecule has 2 aromatic rings.